The molecule has 0 saturated carbocycles. The van der Waals surface area contributed by atoms with Crippen molar-refractivity contribution in [2.45, 2.75) is 19.8 Å². The first kappa shape index (κ1) is 16.1. The fraction of sp³-hybridized carbons (Fsp3) is 0.143. The number of rotatable bonds is 5. The molecular weight excluding hydrogens is 326 g/mol. The van der Waals surface area contributed by atoms with Crippen molar-refractivity contribution in [3.8, 4) is 5.69 Å². The summed E-state index contributed by atoms with van der Waals surface area (Å²) < 4.78 is 7.37. The Hall–Kier alpha value is -3.34. The van der Waals surface area contributed by atoms with E-state index in [1.807, 2.05) is 55.5 Å². The summed E-state index contributed by atoms with van der Waals surface area (Å²) in [6, 6.07) is 19.6. The number of nitrogens with one attached hydrogen (secondary N) is 1. The van der Waals surface area contributed by atoms with Gasteiger partial charge in [0.25, 0.3) is 0 Å². The number of aromatic nitrogens is 2. The Morgan fingerprint density at radius 2 is 1.96 bits per heavy atom. The first-order chi connectivity index (χ1) is 12.7. The van der Waals surface area contributed by atoms with Gasteiger partial charge in [0.1, 0.15) is 11.6 Å². The van der Waals surface area contributed by atoms with Crippen LogP contribution in [0.5, 0.6) is 0 Å². The zero-order chi connectivity index (χ0) is 17.9. The first-order valence-corrected chi connectivity index (χ1v) is 8.57. The topological polar surface area (TPSA) is 60.1 Å². The van der Waals surface area contributed by atoms with Crippen LogP contribution in [0, 0.1) is 6.92 Å². The maximum atomic E-state index is 12.2. The second kappa shape index (κ2) is 6.88. The highest BCUT2D eigenvalue weighted by atomic mass is 16.3. The molecule has 5 heteroatoms. The number of nitrogens with zero attached hydrogens (tertiary/aromatic N) is 2. The molecule has 2 heterocycles. The Balaban J connectivity index is 1.54. The maximum absolute atomic E-state index is 12.2. The van der Waals surface area contributed by atoms with Crippen LogP contribution in [-0.4, -0.2) is 15.5 Å². The van der Waals surface area contributed by atoms with E-state index in [-0.39, 0.29) is 5.91 Å². The largest absolute Gasteiger partial charge is 0.469 e. The Morgan fingerprint density at radius 3 is 2.73 bits per heavy atom. The minimum absolute atomic E-state index is 0.0417. The summed E-state index contributed by atoms with van der Waals surface area (Å²) in [7, 11) is 0. The van der Waals surface area contributed by atoms with Gasteiger partial charge in [-0.05, 0) is 49.4 Å². The predicted octanol–water partition coefficient (Wildman–Crippen LogP) is 4.50. The van der Waals surface area contributed by atoms with Crippen molar-refractivity contribution >= 4 is 22.6 Å². The Bertz CT molecular complexity index is 1030. The molecule has 0 aliphatic rings. The Kier molecular flexibility index (Phi) is 4.27. The fourth-order valence-electron chi connectivity index (χ4n) is 3.10. The molecule has 0 unspecified atom stereocenters. The van der Waals surface area contributed by atoms with Crippen molar-refractivity contribution in [2.24, 2.45) is 0 Å². The summed E-state index contributed by atoms with van der Waals surface area (Å²) in [5.74, 6) is 1.68. The number of amides is 1. The SMILES string of the molecule is Cc1nc2cc(NC(=O)CCc3ccco3)ccc2n1-c1ccccc1. The highest BCUT2D eigenvalue weighted by Crippen LogP contribution is 2.24. The molecule has 5 nitrogen and oxygen atoms in total. The van der Waals surface area contributed by atoms with Crippen molar-refractivity contribution in [1.29, 1.82) is 0 Å². The number of imidazole rings is 1. The lowest BCUT2D eigenvalue weighted by molar-refractivity contribution is -0.116. The van der Waals surface area contributed by atoms with Crippen molar-refractivity contribution in [3.63, 3.8) is 0 Å². The highest BCUT2D eigenvalue weighted by molar-refractivity contribution is 5.93. The number of hydrogen-bond acceptors (Lipinski definition) is 3. The van der Waals surface area contributed by atoms with E-state index in [4.69, 9.17) is 4.42 Å². The van der Waals surface area contributed by atoms with Crippen LogP contribution in [0.4, 0.5) is 5.69 Å². The van der Waals surface area contributed by atoms with E-state index in [9.17, 15) is 4.79 Å². The van der Waals surface area contributed by atoms with Gasteiger partial charge in [-0.15, -0.1) is 0 Å². The molecule has 0 spiro atoms. The van der Waals surface area contributed by atoms with E-state index in [0.29, 0.717) is 12.8 Å². The molecule has 1 amide bonds. The Morgan fingerprint density at radius 1 is 1.12 bits per heavy atom. The lowest BCUT2D eigenvalue weighted by Crippen LogP contribution is -2.12. The van der Waals surface area contributed by atoms with E-state index in [0.717, 1.165) is 34.0 Å². The monoisotopic (exact) mass is 345 g/mol. The molecule has 0 saturated heterocycles. The van der Waals surface area contributed by atoms with Crippen LogP contribution in [0.1, 0.15) is 18.0 Å². The molecule has 0 aliphatic carbocycles. The smallest absolute Gasteiger partial charge is 0.224 e. The van der Waals surface area contributed by atoms with E-state index in [1.165, 1.54) is 0 Å². The molecule has 2 aromatic carbocycles. The van der Waals surface area contributed by atoms with Gasteiger partial charge in [-0.2, -0.15) is 0 Å². The maximum Gasteiger partial charge on any atom is 0.224 e. The predicted molar refractivity (Wildman–Crippen MR) is 101 cm³/mol. The molecule has 0 atom stereocenters. The number of anilines is 1. The Labute approximate surface area is 151 Å². The third-order valence-electron chi connectivity index (χ3n) is 4.30. The number of fused-ring (bicyclic) bond motifs is 1. The van der Waals surface area contributed by atoms with Crippen LogP contribution < -0.4 is 5.32 Å². The standard InChI is InChI=1S/C21H19N3O2/c1-15-22-19-14-16(23-21(25)12-10-18-8-5-13-26-18)9-11-20(19)24(15)17-6-3-2-4-7-17/h2-9,11,13-14H,10,12H2,1H3,(H,23,25). The van der Waals surface area contributed by atoms with Crippen LogP contribution in [0.2, 0.25) is 0 Å². The van der Waals surface area contributed by atoms with E-state index < -0.39 is 0 Å². The quantitative estimate of drug-likeness (QED) is 0.579. The minimum atomic E-state index is -0.0417. The second-order valence-electron chi connectivity index (χ2n) is 6.16. The van der Waals surface area contributed by atoms with E-state index in [1.54, 1.807) is 6.26 Å². The molecular formula is C21H19N3O2. The van der Waals surface area contributed by atoms with Gasteiger partial charge in [0.15, 0.2) is 0 Å². The van der Waals surface area contributed by atoms with E-state index >= 15 is 0 Å². The number of para-hydroxylation sites is 1. The lowest BCUT2D eigenvalue weighted by atomic mass is 10.2. The second-order valence-corrected chi connectivity index (χ2v) is 6.16. The molecule has 4 rings (SSSR count). The number of hydrogen-bond donors (Lipinski definition) is 1. The molecule has 0 fully saturated rings. The van der Waals surface area contributed by atoms with Gasteiger partial charge in [-0.3, -0.25) is 9.36 Å². The number of carbonyl (C=O) groups is 1. The summed E-state index contributed by atoms with van der Waals surface area (Å²) in [6.45, 7) is 1.98. The highest BCUT2D eigenvalue weighted by Gasteiger charge is 2.11. The van der Waals surface area contributed by atoms with Gasteiger partial charge in [0, 0.05) is 24.2 Å². The van der Waals surface area contributed by atoms with Crippen molar-refractivity contribution < 1.29 is 9.21 Å². The lowest BCUT2D eigenvalue weighted by Gasteiger charge is -2.07. The average molecular weight is 345 g/mol. The van der Waals surface area contributed by atoms with Crippen molar-refractivity contribution in [3.05, 3.63) is 78.5 Å². The molecule has 0 bridgehead atoms. The number of benzene rings is 2. The number of carbonyl (C=O) groups excluding carboxylic acids is 1. The van der Waals surface area contributed by atoms with Gasteiger partial charge in [0.2, 0.25) is 5.91 Å². The third-order valence-corrected chi connectivity index (χ3v) is 4.30. The number of aryl methyl sites for hydroxylation is 2. The third kappa shape index (κ3) is 3.24. The minimum Gasteiger partial charge on any atom is -0.469 e. The van der Waals surface area contributed by atoms with Crippen LogP contribution >= 0.6 is 0 Å². The molecule has 1 N–H and O–H groups in total. The molecule has 4 aromatic rings. The molecule has 130 valence electrons. The molecule has 0 aliphatic heterocycles. The first-order valence-electron chi connectivity index (χ1n) is 8.57. The van der Waals surface area contributed by atoms with Crippen LogP contribution in [0.25, 0.3) is 16.7 Å². The average Bonchev–Trinajstić information content (AvgIpc) is 3.27. The van der Waals surface area contributed by atoms with Gasteiger partial charge >= 0.3 is 0 Å². The summed E-state index contributed by atoms with van der Waals surface area (Å²) in [5.41, 5.74) is 3.69. The summed E-state index contributed by atoms with van der Waals surface area (Å²) >= 11 is 0. The van der Waals surface area contributed by atoms with Crippen molar-refractivity contribution in [2.75, 3.05) is 5.32 Å². The zero-order valence-corrected chi connectivity index (χ0v) is 14.5. The fourth-order valence-corrected chi connectivity index (χ4v) is 3.10. The summed E-state index contributed by atoms with van der Waals surface area (Å²) in [4.78, 5) is 16.8. The normalized spacial score (nSPS) is 11.0. The van der Waals surface area contributed by atoms with Crippen LogP contribution in [0.15, 0.2) is 71.3 Å². The van der Waals surface area contributed by atoms with Crippen LogP contribution in [-0.2, 0) is 11.2 Å². The molecule has 0 radical (unpaired) electrons. The molecule has 2 aromatic heterocycles. The summed E-state index contributed by atoms with van der Waals surface area (Å²) in [6.07, 6.45) is 2.58. The zero-order valence-electron chi connectivity index (χ0n) is 14.5. The van der Waals surface area contributed by atoms with Gasteiger partial charge in [0.05, 0.1) is 17.3 Å². The van der Waals surface area contributed by atoms with Gasteiger partial charge in [-0.25, -0.2) is 4.98 Å². The van der Waals surface area contributed by atoms with Crippen molar-refractivity contribution in [1.82, 2.24) is 9.55 Å². The molecule has 26 heavy (non-hydrogen) atoms. The summed E-state index contributed by atoms with van der Waals surface area (Å²) in [5, 5.41) is 2.94. The van der Waals surface area contributed by atoms with Gasteiger partial charge < -0.3 is 9.73 Å². The van der Waals surface area contributed by atoms with Crippen LogP contribution in [0.3, 0.4) is 0 Å². The van der Waals surface area contributed by atoms with Gasteiger partial charge in [-0.1, -0.05) is 18.2 Å². The number of furan rings is 1. The van der Waals surface area contributed by atoms with E-state index in [2.05, 4.69) is 27.0 Å².